The van der Waals surface area contributed by atoms with Crippen LogP contribution in [0.4, 0.5) is 0 Å². The number of hydrogen-bond donors (Lipinski definition) is 1. The van der Waals surface area contributed by atoms with E-state index in [1.54, 1.807) is 0 Å². The minimum Gasteiger partial charge on any atom is -0.478 e. The highest BCUT2D eigenvalue weighted by Crippen LogP contribution is 2.11. The van der Waals surface area contributed by atoms with Crippen molar-refractivity contribution in [3.8, 4) is 0 Å². The molecule has 15 heavy (non-hydrogen) atoms. The number of carboxylic acids is 1. The molecule has 8 heteroatoms. The number of hydrogen-bond acceptors (Lipinski definition) is 5. The zero-order valence-electron chi connectivity index (χ0n) is 7.96. The van der Waals surface area contributed by atoms with Crippen LogP contribution in [0.5, 0.6) is 0 Å². The fourth-order valence-corrected chi connectivity index (χ4v) is 1.61. The molecular formula is C7H8N2O5S. The Balaban J connectivity index is 3.44. The normalized spacial score (nSPS) is 11.3. The fraction of sp³-hybridized carbons (Fsp3) is 0.286. The molecule has 1 rings (SSSR count). The van der Waals surface area contributed by atoms with Crippen molar-refractivity contribution in [2.45, 2.75) is 0 Å². The highest BCUT2D eigenvalue weighted by Gasteiger charge is 2.28. The summed E-state index contributed by atoms with van der Waals surface area (Å²) in [5, 5.41) is 11.0. The Kier molecular flexibility index (Phi) is 2.63. The minimum atomic E-state index is -3.97. The molecule has 0 aliphatic carbocycles. The molecule has 0 saturated heterocycles. The Morgan fingerprint density at radius 2 is 2.00 bits per heavy atom. The predicted octanol–water partition coefficient (Wildman–Crippen LogP) is -0.697. The van der Waals surface area contributed by atoms with Gasteiger partial charge in [-0.1, -0.05) is 0 Å². The number of carbonyl (C=O) groups is 2. The number of carbonyl (C=O) groups excluding carboxylic acids is 1. The monoisotopic (exact) mass is 232 g/mol. The van der Waals surface area contributed by atoms with Gasteiger partial charge < -0.3 is 5.11 Å². The molecule has 0 spiro atoms. The van der Waals surface area contributed by atoms with Crippen LogP contribution in [0.15, 0.2) is 6.20 Å². The zero-order valence-corrected chi connectivity index (χ0v) is 8.78. The maximum absolute atomic E-state index is 11.4. The second-order valence-corrected chi connectivity index (χ2v) is 4.81. The van der Waals surface area contributed by atoms with Crippen LogP contribution in [0.2, 0.25) is 0 Å². The van der Waals surface area contributed by atoms with Crippen LogP contribution in [0.25, 0.3) is 0 Å². The van der Waals surface area contributed by atoms with Crippen molar-refractivity contribution in [3.63, 3.8) is 0 Å². The van der Waals surface area contributed by atoms with Crippen LogP contribution in [0.1, 0.15) is 20.8 Å². The average Bonchev–Trinajstić information content (AvgIpc) is 2.44. The number of aromatic nitrogens is 2. The van der Waals surface area contributed by atoms with Crippen molar-refractivity contribution in [3.05, 3.63) is 17.5 Å². The third-order valence-electron chi connectivity index (χ3n) is 1.70. The average molecular weight is 232 g/mol. The number of nitrogens with zero attached hydrogens (tertiary/aromatic N) is 2. The molecule has 0 bridgehead atoms. The Labute approximate surface area is 85.2 Å². The van der Waals surface area contributed by atoms with E-state index in [4.69, 9.17) is 5.11 Å². The maximum Gasteiger partial charge on any atom is 0.339 e. The van der Waals surface area contributed by atoms with Crippen LogP contribution < -0.4 is 0 Å². The summed E-state index contributed by atoms with van der Waals surface area (Å²) in [5.41, 5.74) is -0.863. The summed E-state index contributed by atoms with van der Waals surface area (Å²) in [7, 11) is -2.67. The molecule has 1 heterocycles. The van der Waals surface area contributed by atoms with Gasteiger partial charge in [0.15, 0.2) is 0 Å². The number of rotatable bonds is 2. The number of carboxylic acid groups (broad SMARTS) is 1. The van der Waals surface area contributed by atoms with Crippen LogP contribution in [0.3, 0.4) is 0 Å². The van der Waals surface area contributed by atoms with Gasteiger partial charge in [-0.05, 0) is 0 Å². The third-order valence-corrected chi connectivity index (χ3v) is 2.57. The Morgan fingerprint density at radius 3 is 2.40 bits per heavy atom. The van der Waals surface area contributed by atoms with Crippen molar-refractivity contribution < 1.29 is 23.1 Å². The number of aromatic carboxylic acids is 1. The first-order valence-electron chi connectivity index (χ1n) is 3.75. The van der Waals surface area contributed by atoms with Gasteiger partial charge in [0.25, 0.3) is 5.12 Å². The zero-order chi connectivity index (χ0) is 11.8. The lowest BCUT2D eigenvalue weighted by atomic mass is 10.2. The van der Waals surface area contributed by atoms with Crippen molar-refractivity contribution >= 4 is 20.9 Å². The molecule has 0 unspecified atom stereocenters. The molecule has 1 N–H and O–H groups in total. The molecule has 0 radical (unpaired) electrons. The van der Waals surface area contributed by atoms with Gasteiger partial charge in [0.05, 0.1) is 6.20 Å². The van der Waals surface area contributed by atoms with Crippen molar-refractivity contribution in [1.29, 1.82) is 0 Å². The van der Waals surface area contributed by atoms with E-state index < -0.39 is 32.2 Å². The summed E-state index contributed by atoms with van der Waals surface area (Å²) in [4.78, 5) is 22.0. The highest BCUT2D eigenvalue weighted by atomic mass is 32.2. The topological polar surface area (TPSA) is 106 Å². The summed E-state index contributed by atoms with van der Waals surface area (Å²) in [6.07, 6.45) is 1.65. The summed E-state index contributed by atoms with van der Waals surface area (Å²) < 4.78 is 22.9. The lowest BCUT2D eigenvalue weighted by Crippen LogP contribution is -2.19. The second-order valence-electron chi connectivity index (χ2n) is 2.90. The summed E-state index contributed by atoms with van der Waals surface area (Å²) in [6, 6.07) is 0. The number of aryl methyl sites for hydroxylation is 1. The predicted molar refractivity (Wildman–Crippen MR) is 49.3 cm³/mol. The molecule has 0 fully saturated rings. The van der Waals surface area contributed by atoms with E-state index in [1.165, 1.54) is 7.05 Å². The summed E-state index contributed by atoms with van der Waals surface area (Å²) >= 11 is 0. The molecular weight excluding hydrogens is 224 g/mol. The second kappa shape index (κ2) is 3.46. The number of sulfone groups is 1. The van der Waals surface area contributed by atoms with Gasteiger partial charge in [0.1, 0.15) is 11.3 Å². The molecule has 82 valence electrons. The van der Waals surface area contributed by atoms with E-state index in [1.807, 2.05) is 0 Å². The Bertz CT molecular complexity index is 528. The van der Waals surface area contributed by atoms with Crippen LogP contribution in [-0.4, -0.2) is 40.6 Å². The molecule has 0 aliphatic rings. The molecule has 7 nitrogen and oxygen atoms in total. The Hall–Kier alpha value is -1.70. The maximum atomic E-state index is 11.4. The van der Waals surface area contributed by atoms with E-state index in [2.05, 4.69) is 5.10 Å². The first-order chi connectivity index (χ1) is 6.75. The standard InChI is InChI=1S/C7H8N2O5S/c1-9-5(7(12)15(2,13)14)4(3-8-9)6(10)11/h3H,1-2H3,(H,10,11). The van der Waals surface area contributed by atoms with E-state index in [0.29, 0.717) is 6.26 Å². The van der Waals surface area contributed by atoms with Gasteiger partial charge in [0.2, 0.25) is 9.84 Å². The van der Waals surface area contributed by atoms with Gasteiger partial charge in [0, 0.05) is 13.3 Å². The first-order valence-corrected chi connectivity index (χ1v) is 5.64. The van der Waals surface area contributed by atoms with Crippen LogP contribution in [-0.2, 0) is 16.9 Å². The van der Waals surface area contributed by atoms with Gasteiger partial charge in [-0.3, -0.25) is 9.48 Å². The lowest BCUT2D eigenvalue weighted by molar-refractivity contribution is 0.0693. The van der Waals surface area contributed by atoms with Gasteiger partial charge in [-0.25, -0.2) is 13.2 Å². The third kappa shape index (κ3) is 2.04. The SMILES string of the molecule is Cn1ncc(C(=O)O)c1C(=O)S(C)(=O)=O. The largest absolute Gasteiger partial charge is 0.478 e. The fourth-order valence-electron chi connectivity index (χ4n) is 1.01. The molecule has 0 aromatic carbocycles. The molecule has 0 amide bonds. The quantitative estimate of drug-likeness (QED) is 0.722. The van der Waals surface area contributed by atoms with Crippen molar-refractivity contribution in [2.24, 2.45) is 7.05 Å². The highest BCUT2D eigenvalue weighted by molar-refractivity contribution is 8.06. The molecule has 1 aromatic rings. The molecule has 1 aromatic heterocycles. The van der Waals surface area contributed by atoms with Gasteiger partial charge in [-0.15, -0.1) is 0 Å². The first kappa shape index (κ1) is 11.4. The molecule has 0 aliphatic heterocycles. The minimum absolute atomic E-state index is 0.423. The lowest BCUT2D eigenvalue weighted by Gasteiger charge is -2.00. The molecule has 0 atom stereocenters. The Morgan fingerprint density at radius 1 is 1.47 bits per heavy atom. The van der Waals surface area contributed by atoms with Gasteiger partial charge in [-0.2, -0.15) is 5.10 Å². The van der Waals surface area contributed by atoms with Crippen LogP contribution in [0, 0.1) is 0 Å². The van der Waals surface area contributed by atoms with Gasteiger partial charge >= 0.3 is 5.97 Å². The van der Waals surface area contributed by atoms with Crippen molar-refractivity contribution in [2.75, 3.05) is 6.26 Å². The van der Waals surface area contributed by atoms with E-state index in [-0.39, 0.29) is 0 Å². The van der Waals surface area contributed by atoms with E-state index >= 15 is 0 Å². The van der Waals surface area contributed by atoms with Crippen LogP contribution >= 0.6 is 0 Å². The summed E-state index contributed by atoms with van der Waals surface area (Å²) in [5.74, 6) is -1.39. The van der Waals surface area contributed by atoms with E-state index in [9.17, 15) is 18.0 Å². The molecule has 0 saturated carbocycles. The van der Waals surface area contributed by atoms with Crippen molar-refractivity contribution in [1.82, 2.24) is 9.78 Å². The smallest absolute Gasteiger partial charge is 0.339 e. The van der Waals surface area contributed by atoms with E-state index in [0.717, 1.165) is 10.9 Å². The summed E-state index contributed by atoms with van der Waals surface area (Å²) in [6.45, 7) is 0.